The number of hydrogen-bond donors (Lipinski definition) is 2. The van der Waals surface area contributed by atoms with Gasteiger partial charge in [0.1, 0.15) is 17.5 Å². The summed E-state index contributed by atoms with van der Waals surface area (Å²) in [6.07, 6.45) is 1.58. The van der Waals surface area contributed by atoms with Gasteiger partial charge in [0.05, 0.1) is 29.4 Å². The average Bonchev–Trinajstić information content (AvgIpc) is 3.32. The van der Waals surface area contributed by atoms with Crippen LogP contribution in [-0.2, 0) is 18.3 Å². The van der Waals surface area contributed by atoms with Crippen LogP contribution in [0.3, 0.4) is 0 Å². The van der Waals surface area contributed by atoms with Crippen molar-refractivity contribution in [3.05, 3.63) is 41.7 Å². The second-order valence-corrected chi connectivity index (χ2v) is 6.89. The van der Waals surface area contributed by atoms with Crippen LogP contribution in [0.25, 0.3) is 11.0 Å². The van der Waals surface area contributed by atoms with Crippen LogP contribution >= 0.6 is 0 Å². The van der Waals surface area contributed by atoms with Crippen molar-refractivity contribution in [3.63, 3.8) is 0 Å². The zero-order chi connectivity index (χ0) is 19.8. The average molecular weight is 378 g/mol. The molecule has 2 atom stereocenters. The summed E-state index contributed by atoms with van der Waals surface area (Å²) in [5.41, 5.74) is 3.67. The van der Waals surface area contributed by atoms with Crippen LogP contribution in [0.5, 0.6) is 0 Å². The number of pyridine rings is 1. The number of nitrogens with one attached hydrogen (secondary N) is 2. The van der Waals surface area contributed by atoms with E-state index < -0.39 is 12.1 Å². The molecule has 2 heterocycles. The third-order valence-corrected chi connectivity index (χ3v) is 4.89. The second kappa shape index (κ2) is 6.93. The van der Waals surface area contributed by atoms with Gasteiger partial charge in [0.15, 0.2) is 5.82 Å². The number of carbonyl (C=O) groups excluding carboxylic acids is 1. The zero-order valence-electron chi connectivity index (χ0n) is 15.5. The molecule has 7 nitrogen and oxygen atoms in total. The van der Waals surface area contributed by atoms with Gasteiger partial charge < -0.3 is 15.2 Å². The van der Waals surface area contributed by atoms with Crippen molar-refractivity contribution in [1.29, 1.82) is 5.26 Å². The SMILES string of the molecule is CCc1ccc(C#N)cc1Nc1cc2c(ncn2C)c(NC(=O)[C@H]2CC2F)n1. The molecule has 142 valence electrons. The van der Waals surface area contributed by atoms with Crippen LogP contribution in [0.15, 0.2) is 30.6 Å². The standard InChI is InChI=1S/C20H19FN6O/c1-3-12-5-4-11(9-22)6-15(12)24-17-8-16-18(23-10-27(16)2)19(25-17)26-20(28)13-7-14(13)21/h4-6,8,10,13-14H,3,7H2,1-2H3,(H2,24,25,26,28)/t13-,14?/m0/s1. The van der Waals surface area contributed by atoms with Gasteiger partial charge in [0, 0.05) is 18.8 Å². The summed E-state index contributed by atoms with van der Waals surface area (Å²) in [6, 6.07) is 9.40. The molecule has 3 aromatic rings. The molecule has 0 saturated heterocycles. The van der Waals surface area contributed by atoms with E-state index in [1.54, 1.807) is 18.5 Å². The van der Waals surface area contributed by atoms with Crippen molar-refractivity contribution in [2.24, 2.45) is 13.0 Å². The summed E-state index contributed by atoms with van der Waals surface area (Å²) in [6.45, 7) is 2.03. The van der Waals surface area contributed by atoms with Gasteiger partial charge in [-0.3, -0.25) is 4.79 Å². The first-order valence-corrected chi connectivity index (χ1v) is 9.07. The third-order valence-electron chi connectivity index (χ3n) is 4.89. The summed E-state index contributed by atoms with van der Waals surface area (Å²) in [5.74, 6) is -0.205. The Labute approximate surface area is 161 Å². The molecule has 2 aromatic heterocycles. The largest absolute Gasteiger partial charge is 0.340 e. The van der Waals surface area contributed by atoms with E-state index in [1.165, 1.54) is 0 Å². The van der Waals surface area contributed by atoms with Gasteiger partial charge in [0.25, 0.3) is 0 Å². The lowest BCUT2D eigenvalue weighted by Gasteiger charge is -2.13. The van der Waals surface area contributed by atoms with E-state index in [2.05, 4.69) is 26.7 Å². The fourth-order valence-electron chi connectivity index (χ4n) is 3.13. The van der Waals surface area contributed by atoms with Crippen molar-refractivity contribution >= 4 is 34.3 Å². The van der Waals surface area contributed by atoms with Crippen molar-refractivity contribution in [2.75, 3.05) is 10.6 Å². The summed E-state index contributed by atoms with van der Waals surface area (Å²) in [4.78, 5) is 21.0. The molecule has 1 saturated carbocycles. The molecular weight excluding hydrogens is 359 g/mol. The number of aryl methyl sites for hydroxylation is 2. The number of nitrogens with zero attached hydrogens (tertiary/aromatic N) is 4. The minimum Gasteiger partial charge on any atom is -0.340 e. The lowest BCUT2D eigenvalue weighted by molar-refractivity contribution is -0.117. The number of fused-ring (bicyclic) bond motifs is 1. The Morgan fingerprint density at radius 3 is 2.89 bits per heavy atom. The highest BCUT2D eigenvalue weighted by molar-refractivity contribution is 6.01. The minimum atomic E-state index is -1.08. The number of imidazole rings is 1. The van der Waals surface area contributed by atoms with E-state index in [0.717, 1.165) is 23.2 Å². The molecular formula is C20H19FN6O. The fraction of sp³-hybridized carbons (Fsp3) is 0.300. The quantitative estimate of drug-likeness (QED) is 0.709. The van der Waals surface area contributed by atoms with Crippen LogP contribution in [0, 0.1) is 17.2 Å². The van der Waals surface area contributed by atoms with Crippen molar-refractivity contribution < 1.29 is 9.18 Å². The van der Waals surface area contributed by atoms with E-state index in [-0.39, 0.29) is 12.3 Å². The van der Waals surface area contributed by atoms with Gasteiger partial charge >= 0.3 is 0 Å². The molecule has 4 rings (SSSR count). The first-order chi connectivity index (χ1) is 13.5. The summed E-state index contributed by atoms with van der Waals surface area (Å²) < 4.78 is 15.0. The Bertz CT molecular complexity index is 1120. The predicted molar refractivity (Wildman–Crippen MR) is 104 cm³/mol. The molecule has 1 aromatic carbocycles. The number of halogens is 1. The number of hydrogen-bond acceptors (Lipinski definition) is 5. The molecule has 0 bridgehead atoms. The Morgan fingerprint density at radius 2 is 2.21 bits per heavy atom. The van der Waals surface area contributed by atoms with Crippen molar-refractivity contribution in [3.8, 4) is 6.07 Å². The molecule has 1 fully saturated rings. The molecule has 1 aliphatic carbocycles. The molecule has 0 radical (unpaired) electrons. The number of carbonyl (C=O) groups is 1. The van der Waals surface area contributed by atoms with Crippen LogP contribution < -0.4 is 10.6 Å². The summed E-state index contributed by atoms with van der Waals surface area (Å²) >= 11 is 0. The van der Waals surface area contributed by atoms with Crippen LogP contribution in [0.1, 0.15) is 24.5 Å². The number of rotatable bonds is 5. The van der Waals surface area contributed by atoms with E-state index >= 15 is 0 Å². The smallest absolute Gasteiger partial charge is 0.231 e. The van der Waals surface area contributed by atoms with Crippen LogP contribution in [0.2, 0.25) is 0 Å². The molecule has 28 heavy (non-hydrogen) atoms. The topological polar surface area (TPSA) is 95.6 Å². The molecule has 1 amide bonds. The van der Waals surface area contributed by atoms with Gasteiger partial charge in [-0.2, -0.15) is 5.26 Å². The third kappa shape index (κ3) is 3.27. The van der Waals surface area contributed by atoms with E-state index in [1.807, 2.05) is 30.7 Å². The lowest BCUT2D eigenvalue weighted by atomic mass is 10.1. The highest BCUT2D eigenvalue weighted by Crippen LogP contribution is 2.35. The predicted octanol–water partition coefficient (Wildman–Crippen LogP) is 3.44. The Morgan fingerprint density at radius 1 is 1.43 bits per heavy atom. The van der Waals surface area contributed by atoms with Crippen LogP contribution in [-0.4, -0.2) is 26.6 Å². The van der Waals surface area contributed by atoms with Gasteiger partial charge in [-0.1, -0.05) is 13.0 Å². The Kier molecular flexibility index (Phi) is 4.43. The number of nitriles is 1. The maximum Gasteiger partial charge on any atom is 0.231 e. The Hall–Kier alpha value is -3.47. The van der Waals surface area contributed by atoms with Gasteiger partial charge in [-0.15, -0.1) is 0 Å². The molecule has 1 aliphatic rings. The van der Waals surface area contributed by atoms with Gasteiger partial charge in [-0.25, -0.2) is 14.4 Å². The normalized spacial score (nSPS) is 17.9. The highest BCUT2D eigenvalue weighted by Gasteiger charge is 2.44. The molecule has 1 unspecified atom stereocenters. The first-order valence-electron chi connectivity index (χ1n) is 9.07. The van der Waals surface area contributed by atoms with E-state index in [4.69, 9.17) is 0 Å². The van der Waals surface area contributed by atoms with Gasteiger partial charge in [-0.05, 0) is 30.5 Å². The molecule has 2 N–H and O–H groups in total. The number of anilines is 3. The van der Waals surface area contributed by atoms with Gasteiger partial charge in [0.2, 0.25) is 5.91 Å². The molecule has 0 aliphatic heterocycles. The first kappa shape index (κ1) is 17.9. The van der Waals surface area contributed by atoms with Crippen LogP contribution in [0.4, 0.5) is 21.7 Å². The minimum absolute atomic E-state index is 0.246. The van der Waals surface area contributed by atoms with E-state index in [0.29, 0.717) is 22.7 Å². The zero-order valence-corrected chi connectivity index (χ0v) is 15.5. The fourth-order valence-corrected chi connectivity index (χ4v) is 3.13. The summed E-state index contributed by atoms with van der Waals surface area (Å²) in [5, 5.41) is 15.1. The number of benzene rings is 1. The monoisotopic (exact) mass is 378 g/mol. The maximum atomic E-state index is 13.2. The van der Waals surface area contributed by atoms with Crippen molar-refractivity contribution in [1.82, 2.24) is 14.5 Å². The Balaban J connectivity index is 1.73. The summed E-state index contributed by atoms with van der Waals surface area (Å²) in [7, 11) is 1.84. The maximum absolute atomic E-state index is 13.2. The number of alkyl halides is 1. The lowest BCUT2D eigenvalue weighted by Crippen LogP contribution is -2.16. The number of amides is 1. The van der Waals surface area contributed by atoms with Crippen molar-refractivity contribution in [2.45, 2.75) is 25.9 Å². The van der Waals surface area contributed by atoms with E-state index in [9.17, 15) is 14.4 Å². The number of aromatic nitrogens is 3. The molecule has 8 heteroatoms. The molecule has 0 spiro atoms. The highest BCUT2D eigenvalue weighted by atomic mass is 19.1. The second-order valence-electron chi connectivity index (χ2n) is 6.89.